The van der Waals surface area contributed by atoms with E-state index < -0.39 is 0 Å². The van der Waals surface area contributed by atoms with Crippen LogP contribution in [0.25, 0.3) is 11.3 Å². The molecule has 1 aromatic heterocycles. The van der Waals surface area contributed by atoms with E-state index in [1.807, 2.05) is 71.6 Å². The molecule has 3 aromatic carbocycles. The quantitative estimate of drug-likeness (QED) is 0.482. The highest BCUT2D eigenvalue weighted by atomic mass is 35.5. The van der Waals surface area contributed by atoms with Gasteiger partial charge in [0, 0.05) is 22.7 Å². The van der Waals surface area contributed by atoms with Gasteiger partial charge < -0.3 is 10.0 Å². The Balaban J connectivity index is 1.64. The minimum Gasteiger partial charge on any atom is -0.508 e. The molecule has 1 aliphatic heterocycles. The fourth-order valence-electron chi connectivity index (χ4n) is 3.97. The van der Waals surface area contributed by atoms with Gasteiger partial charge in [-0.3, -0.25) is 9.89 Å². The van der Waals surface area contributed by atoms with E-state index >= 15 is 0 Å². The zero-order chi connectivity index (χ0) is 20.7. The summed E-state index contributed by atoms with van der Waals surface area (Å²) in [6.07, 6.45) is 0. The molecule has 0 spiro atoms. The van der Waals surface area contributed by atoms with Gasteiger partial charge in [0.2, 0.25) is 0 Å². The Morgan fingerprint density at radius 3 is 2.37 bits per heavy atom. The smallest absolute Gasteiger partial charge is 0.273 e. The van der Waals surface area contributed by atoms with Gasteiger partial charge in [0.1, 0.15) is 11.4 Å². The number of nitrogens with one attached hydrogen (secondary N) is 1. The second kappa shape index (κ2) is 7.35. The molecule has 0 aliphatic carbocycles. The van der Waals surface area contributed by atoms with Crippen molar-refractivity contribution in [2.45, 2.75) is 12.6 Å². The number of hydrogen-bond donors (Lipinski definition) is 2. The molecule has 0 fully saturated rings. The van der Waals surface area contributed by atoms with Crippen molar-refractivity contribution in [3.63, 3.8) is 0 Å². The number of fused-ring (bicyclic) bond motifs is 1. The van der Waals surface area contributed by atoms with E-state index in [4.69, 9.17) is 11.6 Å². The molecule has 1 unspecified atom stereocenters. The Morgan fingerprint density at radius 1 is 0.967 bits per heavy atom. The lowest BCUT2D eigenvalue weighted by Gasteiger charge is -2.26. The molecular weight excluding hydrogens is 398 g/mol. The molecule has 0 bridgehead atoms. The zero-order valence-corrected chi connectivity index (χ0v) is 16.7. The topological polar surface area (TPSA) is 69.2 Å². The number of carbonyl (C=O) groups excluding carboxylic acids is 1. The van der Waals surface area contributed by atoms with Crippen LogP contribution < -0.4 is 0 Å². The van der Waals surface area contributed by atoms with E-state index in [1.54, 1.807) is 12.1 Å². The van der Waals surface area contributed by atoms with Crippen LogP contribution in [0.2, 0.25) is 5.02 Å². The van der Waals surface area contributed by atoms with Crippen molar-refractivity contribution in [2.75, 3.05) is 0 Å². The number of aromatic hydroxyl groups is 1. The van der Waals surface area contributed by atoms with Crippen LogP contribution in [-0.4, -0.2) is 26.1 Å². The lowest BCUT2D eigenvalue weighted by molar-refractivity contribution is 0.0730. The number of hydrogen-bond acceptors (Lipinski definition) is 3. The van der Waals surface area contributed by atoms with Gasteiger partial charge in [-0.25, -0.2) is 0 Å². The lowest BCUT2D eigenvalue weighted by atomic mass is 9.96. The van der Waals surface area contributed by atoms with Crippen molar-refractivity contribution < 1.29 is 9.90 Å². The van der Waals surface area contributed by atoms with Crippen molar-refractivity contribution in [3.05, 3.63) is 106 Å². The molecule has 1 atom stereocenters. The van der Waals surface area contributed by atoms with E-state index in [-0.39, 0.29) is 17.7 Å². The average molecular weight is 416 g/mol. The Kier molecular flexibility index (Phi) is 4.52. The van der Waals surface area contributed by atoms with E-state index in [9.17, 15) is 9.90 Å². The highest BCUT2D eigenvalue weighted by Gasteiger charge is 2.42. The molecule has 0 radical (unpaired) electrons. The fraction of sp³-hybridized carbons (Fsp3) is 0.0833. The maximum atomic E-state index is 13.3. The van der Waals surface area contributed by atoms with E-state index in [0.29, 0.717) is 17.3 Å². The molecule has 2 heterocycles. The Hall–Kier alpha value is -3.57. The van der Waals surface area contributed by atoms with Gasteiger partial charge in [0.25, 0.3) is 5.91 Å². The molecule has 4 aromatic rings. The molecule has 1 amide bonds. The maximum Gasteiger partial charge on any atom is 0.273 e. The summed E-state index contributed by atoms with van der Waals surface area (Å²) in [4.78, 5) is 15.2. The number of H-pyrrole nitrogens is 1. The predicted octanol–water partition coefficient (Wildman–Crippen LogP) is 5.18. The Bertz CT molecular complexity index is 1200. The summed E-state index contributed by atoms with van der Waals surface area (Å²) >= 11 is 6.05. The number of phenolic OH excluding ortho intramolecular Hbond substituents is 1. The number of halogens is 1. The first-order valence-corrected chi connectivity index (χ1v) is 9.97. The monoisotopic (exact) mass is 415 g/mol. The molecule has 1 aliphatic rings. The van der Waals surface area contributed by atoms with Gasteiger partial charge in [0.05, 0.1) is 11.7 Å². The summed E-state index contributed by atoms with van der Waals surface area (Å²) in [5.41, 5.74) is 4.89. The maximum absolute atomic E-state index is 13.3. The van der Waals surface area contributed by atoms with Crippen LogP contribution in [0, 0.1) is 0 Å². The largest absolute Gasteiger partial charge is 0.508 e. The molecule has 30 heavy (non-hydrogen) atoms. The first-order valence-electron chi connectivity index (χ1n) is 9.60. The third-order valence-electron chi connectivity index (χ3n) is 5.39. The number of aromatic amines is 1. The molecule has 2 N–H and O–H groups in total. The SMILES string of the molecule is O=C1c2[nH]nc(-c3ccc(Cl)cc3)c2C(c2ccc(O)cc2)N1Cc1ccccc1. The van der Waals surface area contributed by atoms with Crippen LogP contribution in [0.15, 0.2) is 78.9 Å². The van der Waals surface area contributed by atoms with Crippen LogP contribution in [0.5, 0.6) is 5.75 Å². The molecule has 5 nitrogen and oxygen atoms in total. The standard InChI is InChI=1S/C24H18ClN3O2/c25-18-10-6-16(7-11-18)21-20-22(27-26-21)24(30)28(14-15-4-2-1-3-5-15)23(20)17-8-12-19(29)13-9-17/h1-13,23,29H,14H2,(H,26,27). The summed E-state index contributed by atoms with van der Waals surface area (Å²) < 4.78 is 0. The van der Waals surface area contributed by atoms with Gasteiger partial charge in [-0.15, -0.1) is 0 Å². The van der Waals surface area contributed by atoms with Gasteiger partial charge in [-0.2, -0.15) is 5.10 Å². The minimum absolute atomic E-state index is 0.0976. The Morgan fingerprint density at radius 2 is 1.67 bits per heavy atom. The van der Waals surface area contributed by atoms with Crippen molar-refractivity contribution >= 4 is 17.5 Å². The highest BCUT2D eigenvalue weighted by Crippen LogP contribution is 2.43. The van der Waals surface area contributed by atoms with Crippen molar-refractivity contribution in [1.29, 1.82) is 0 Å². The minimum atomic E-state index is -0.322. The second-order valence-electron chi connectivity index (χ2n) is 7.28. The normalized spacial score (nSPS) is 15.4. The van der Waals surface area contributed by atoms with Crippen LogP contribution in [0.1, 0.15) is 33.2 Å². The number of rotatable bonds is 4. The zero-order valence-electron chi connectivity index (χ0n) is 15.9. The first kappa shape index (κ1) is 18.5. The van der Waals surface area contributed by atoms with Gasteiger partial charge in [-0.05, 0) is 35.4 Å². The average Bonchev–Trinajstić information content (AvgIpc) is 3.30. The van der Waals surface area contributed by atoms with Crippen molar-refractivity contribution in [1.82, 2.24) is 15.1 Å². The lowest BCUT2D eigenvalue weighted by Crippen LogP contribution is -2.29. The van der Waals surface area contributed by atoms with E-state index in [1.165, 1.54) is 0 Å². The van der Waals surface area contributed by atoms with Crippen molar-refractivity contribution in [2.24, 2.45) is 0 Å². The number of nitrogens with zero attached hydrogens (tertiary/aromatic N) is 2. The number of amides is 1. The Labute approximate surface area is 178 Å². The molecule has 0 saturated heterocycles. The fourth-order valence-corrected chi connectivity index (χ4v) is 4.10. The summed E-state index contributed by atoms with van der Waals surface area (Å²) in [5, 5.41) is 17.8. The van der Waals surface area contributed by atoms with Crippen molar-refractivity contribution in [3.8, 4) is 17.0 Å². The number of benzene rings is 3. The molecule has 148 valence electrons. The summed E-state index contributed by atoms with van der Waals surface area (Å²) in [6.45, 7) is 0.466. The van der Waals surface area contributed by atoms with Crippen LogP contribution in [-0.2, 0) is 6.54 Å². The third kappa shape index (κ3) is 3.13. The number of aromatic nitrogens is 2. The first-order chi connectivity index (χ1) is 14.6. The molecule has 5 rings (SSSR count). The summed E-state index contributed by atoms with van der Waals surface area (Å²) in [7, 11) is 0. The number of carbonyl (C=O) groups is 1. The van der Waals surface area contributed by atoms with E-state index in [0.717, 1.165) is 27.9 Å². The second-order valence-corrected chi connectivity index (χ2v) is 7.72. The molecular formula is C24H18ClN3O2. The van der Waals surface area contributed by atoms with Gasteiger partial charge >= 0.3 is 0 Å². The predicted molar refractivity (Wildman–Crippen MR) is 115 cm³/mol. The van der Waals surface area contributed by atoms with Crippen LogP contribution in [0.4, 0.5) is 0 Å². The molecule has 6 heteroatoms. The highest BCUT2D eigenvalue weighted by molar-refractivity contribution is 6.30. The third-order valence-corrected chi connectivity index (χ3v) is 5.64. The van der Waals surface area contributed by atoms with Crippen LogP contribution >= 0.6 is 11.6 Å². The van der Waals surface area contributed by atoms with E-state index in [2.05, 4.69) is 10.2 Å². The van der Waals surface area contributed by atoms with Crippen LogP contribution in [0.3, 0.4) is 0 Å². The van der Waals surface area contributed by atoms with Gasteiger partial charge in [-0.1, -0.05) is 66.2 Å². The molecule has 0 saturated carbocycles. The number of phenols is 1. The summed E-state index contributed by atoms with van der Waals surface area (Å²) in [5.74, 6) is 0.0858. The summed E-state index contributed by atoms with van der Waals surface area (Å²) in [6, 6.07) is 24.0. The van der Waals surface area contributed by atoms with Gasteiger partial charge in [0.15, 0.2) is 0 Å².